The lowest BCUT2D eigenvalue weighted by molar-refractivity contribution is -0.133. The van der Waals surface area contributed by atoms with Crippen LogP contribution in [0.3, 0.4) is 0 Å². The maximum absolute atomic E-state index is 11.7. The molecule has 2 N–H and O–H groups in total. The second-order valence-corrected chi connectivity index (χ2v) is 5.44. The van der Waals surface area contributed by atoms with Crippen molar-refractivity contribution < 1.29 is 9.59 Å². The number of pyridine rings is 1. The number of anilines is 2. The Morgan fingerprint density at radius 2 is 1.75 bits per heavy atom. The van der Waals surface area contributed by atoms with E-state index in [9.17, 15) is 9.59 Å². The van der Waals surface area contributed by atoms with Crippen molar-refractivity contribution in [2.45, 2.75) is 20.8 Å². The normalized spacial score (nSPS) is 10.2. The van der Waals surface area contributed by atoms with Gasteiger partial charge in [0.05, 0.1) is 5.69 Å². The maximum Gasteiger partial charge on any atom is 0.315 e. The smallest absolute Gasteiger partial charge is 0.302 e. The first-order valence-electron chi connectivity index (χ1n) is 5.95. The fourth-order valence-corrected chi connectivity index (χ4v) is 2.28. The predicted molar refractivity (Wildman–Crippen MR) is 77.8 cm³/mol. The number of carbonyl (C=O) groups is 2. The molecule has 0 bridgehead atoms. The monoisotopic (exact) mass is 290 g/mol. The molecule has 2 heterocycles. The van der Waals surface area contributed by atoms with E-state index in [1.807, 2.05) is 13.8 Å². The summed E-state index contributed by atoms with van der Waals surface area (Å²) in [6, 6.07) is 5.18. The van der Waals surface area contributed by atoms with Gasteiger partial charge in [0.25, 0.3) is 0 Å². The molecule has 2 amide bonds. The molecule has 20 heavy (non-hydrogen) atoms. The van der Waals surface area contributed by atoms with Gasteiger partial charge in [-0.05, 0) is 32.9 Å². The number of rotatable bonds is 2. The maximum atomic E-state index is 11.7. The Morgan fingerprint density at radius 3 is 2.35 bits per heavy atom. The zero-order valence-corrected chi connectivity index (χ0v) is 12.2. The van der Waals surface area contributed by atoms with Gasteiger partial charge in [-0.15, -0.1) is 11.3 Å². The fourth-order valence-electron chi connectivity index (χ4n) is 1.47. The van der Waals surface area contributed by atoms with Gasteiger partial charge in [-0.2, -0.15) is 0 Å². The molecular formula is C13H14N4O2S. The van der Waals surface area contributed by atoms with E-state index in [1.54, 1.807) is 25.1 Å². The highest BCUT2D eigenvalue weighted by molar-refractivity contribution is 7.15. The number of thiazole rings is 1. The molecule has 2 aromatic heterocycles. The molecule has 0 aliphatic heterocycles. The third kappa shape index (κ3) is 3.39. The highest BCUT2D eigenvalue weighted by Crippen LogP contribution is 2.20. The molecular weight excluding hydrogens is 276 g/mol. The zero-order valence-electron chi connectivity index (χ0n) is 11.4. The van der Waals surface area contributed by atoms with Crippen molar-refractivity contribution in [3.63, 3.8) is 0 Å². The molecule has 6 nitrogen and oxygen atoms in total. The minimum atomic E-state index is -0.770. The molecule has 104 valence electrons. The van der Waals surface area contributed by atoms with Crippen LogP contribution in [-0.2, 0) is 9.59 Å². The van der Waals surface area contributed by atoms with E-state index in [4.69, 9.17) is 0 Å². The lowest BCUT2D eigenvalue weighted by atomic mass is 10.3. The van der Waals surface area contributed by atoms with Crippen LogP contribution in [0.1, 0.15) is 16.3 Å². The molecule has 0 spiro atoms. The van der Waals surface area contributed by atoms with Gasteiger partial charge in [0.15, 0.2) is 5.13 Å². The van der Waals surface area contributed by atoms with E-state index < -0.39 is 11.8 Å². The van der Waals surface area contributed by atoms with Crippen LogP contribution >= 0.6 is 11.3 Å². The zero-order chi connectivity index (χ0) is 14.7. The molecule has 0 aliphatic rings. The number of hydrogen-bond acceptors (Lipinski definition) is 5. The minimum Gasteiger partial charge on any atom is -0.302 e. The molecule has 0 fully saturated rings. The number of nitrogens with zero attached hydrogens (tertiary/aromatic N) is 2. The number of hydrogen-bond donors (Lipinski definition) is 2. The van der Waals surface area contributed by atoms with Crippen molar-refractivity contribution in [2.24, 2.45) is 0 Å². The number of carbonyl (C=O) groups excluding carboxylic acids is 2. The van der Waals surface area contributed by atoms with Crippen molar-refractivity contribution >= 4 is 34.1 Å². The SMILES string of the molecule is Cc1cccc(NC(=O)C(=O)Nc2nc(C)c(C)s2)n1. The minimum absolute atomic E-state index is 0.344. The summed E-state index contributed by atoms with van der Waals surface area (Å²) in [4.78, 5) is 32.7. The Bertz CT molecular complexity index is 647. The van der Waals surface area contributed by atoms with Gasteiger partial charge in [-0.25, -0.2) is 9.97 Å². The number of aromatic nitrogens is 2. The summed E-state index contributed by atoms with van der Waals surface area (Å²) in [6.45, 7) is 5.55. The summed E-state index contributed by atoms with van der Waals surface area (Å²) in [6.07, 6.45) is 0. The quantitative estimate of drug-likeness (QED) is 0.829. The summed E-state index contributed by atoms with van der Waals surface area (Å²) in [7, 11) is 0. The molecule has 0 unspecified atom stereocenters. The summed E-state index contributed by atoms with van der Waals surface area (Å²) < 4.78 is 0. The molecule has 0 radical (unpaired) electrons. The fraction of sp³-hybridized carbons (Fsp3) is 0.231. The van der Waals surface area contributed by atoms with Gasteiger partial charge in [-0.1, -0.05) is 6.07 Å². The van der Waals surface area contributed by atoms with E-state index in [0.717, 1.165) is 16.3 Å². The van der Waals surface area contributed by atoms with Crippen molar-refractivity contribution in [1.29, 1.82) is 0 Å². The molecule has 0 saturated carbocycles. The largest absolute Gasteiger partial charge is 0.315 e. The molecule has 2 rings (SSSR count). The van der Waals surface area contributed by atoms with Gasteiger partial charge in [0, 0.05) is 10.6 Å². The van der Waals surface area contributed by atoms with E-state index in [0.29, 0.717) is 10.9 Å². The van der Waals surface area contributed by atoms with Crippen LogP contribution in [-0.4, -0.2) is 21.8 Å². The Kier molecular flexibility index (Phi) is 4.09. The molecule has 0 aliphatic carbocycles. The van der Waals surface area contributed by atoms with E-state index >= 15 is 0 Å². The molecule has 0 saturated heterocycles. The Balaban J connectivity index is 2.00. The highest BCUT2D eigenvalue weighted by atomic mass is 32.1. The molecule has 7 heteroatoms. The van der Waals surface area contributed by atoms with Crippen molar-refractivity contribution in [3.05, 3.63) is 34.5 Å². The van der Waals surface area contributed by atoms with Gasteiger partial charge in [-0.3, -0.25) is 14.9 Å². The van der Waals surface area contributed by atoms with Crippen LogP contribution in [0.15, 0.2) is 18.2 Å². The van der Waals surface area contributed by atoms with E-state index in [2.05, 4.69) is 20.6 Å². The first-order chi connectivity index (χ1) is 9.45. The average Bonchev–Trinajstić information content (AvgIpc) is 2.68. The first kappa shape index (κ1) is 14.1. The summed E-state index contributed by atoms with van der Waals surface area (Å²) in [5.74, 6) is -1.19. The molecule has 2 aromatic rings. The van der Waals surface area contributed by atoms with E-state index in [1.165, 1.54) is 11.3 Å². The van der Waals surface area contributed by atoms with Crippen molar-refractivity contribution in [3.8, 4) is 0 Å². The summed E-state index contributed by atoms with van der Waals surface area (Å²) in [5.41, 5.74) is 1.60. The van der Waals surface area contributed by atoms with Gasteiger partial charge in [0.1, 0.15) is 5.82 Å². The van der Waals surface area contributed by atoms with Crippen LogP contribution < -0.4 is 10.6 Å². The molecule has 0 aromatic carbocycles. The summed E-state index contributed by atoms with van der Waals surface area (Å²) >= 11 is 1.33. The van der Waals surface area contributed by atoms with Crippen molar-refractivity contribution in [1.82, 2.24) is 9.97 Å². The highest BCUT2D eigenvalue weighted by Gasteiger charge is 2.16. The van der Waals surface area contributed by atoms with Gasteiger partial charge >= 0.3 is 11.8 Å². The van der Waals surface area contributed by atoms with Crippen LogP contribution in [0, 0.1) is 20.8 Å². The summed E-state index contributed by atoms with van der Waals surface area (Å²) in [5, 5.41) is 5.32. The Labute approximate surface area is 120 Å². The number of nitrogens with one attached hydrogen (secondary N) is 2. The third-order valence-corrected chi connectivity index (χ3v) is 3.57. The number of amides is 2. The topological polar surface area (TPSA) is 84.0 Å². The second kappa shape index (κ2) is 5.79. The van der Waals surface area contributed by atoms with Crippen LogP contribution in [0.5, 0.6) is 0 Å². The van der Waals surface area contributed by atoms with Gasteiger partial charge < -0.3 is 5.32 Å². The lowest BCUT2D eigenvalue weighted by Crippen LogP contribution is -2.29. The second-order valence-electron chi connectivity index (χ2n) is 4.23. The average molecular weight is 290 g/mol. The van der Waals surface area contributed by atoms with Crippen LogP contribution in [0.2, 0.25) is 0 Å². The van der Waals surface area contributed by atoms with Crippen LogP contribution in [0.25, 0.3) is 0 Å². The third-order valence-electron chi connectivity index (χ3n) is 2.59. The van der Waals surface area contributed by atoms with E-state index in [-0.39, 0.29) is 0 Å². The standard InChI is InChI=1S/C13H14N4O2S/c1-7-5-4-6-10(14-7)16-11(18)12(19)17-13-15-8(2)9(3)20-13/h4-6H,1-3H3,(H,14,16,18)(H,15,17,19). The van der Waals surface area contributed by atoms with Crippen LogP contribution in [0.4, 0.5) is 10.9 Å². The van der Waals surface area contributed by atoms with Crippen molar-refractivity contribution in [2.75, 3.05) is 10.6 Å². The predicted octanol–water partition coefficient (Wildman–Crippen LogP) is 2.04. The first-order valence-corrected chi connectivity index (χ1v) is 6.77. The number of aryl methyl sites for hydroxylation is 3. The Morgan fingerprint density at radius 1 is 1.05 bits per heavy atom. The molecule has 0 atom stereocenters. The Hall–Kier alpha value is -2.28. The lowest BCUT2D eigenvalue weighted by Gasteiger charge is -2.04. The van der Waals surface area contributed by atoms with Gasteiger partial charge in [0.2, 0.25) is 0 Å².